The summed E-state index contributed by atoms with van der Waals surface area (Å²) in [4.78, 5) is 17.6. The van der Waals surface area contributed by atoms with Crippen molar-refractivity contribution in [2.45, 2.75) is 19.2 Å². The molecular formula is C17H20N2O3. The highest BCUT2D eigenvalue weighted by molar-refractivity contribution is 5.75. The van der Waals surface area contributed by atoms with Crippen LogP contribution in [0.5, 0.6) is 0 Å². The van der Waals surface area contributed by atoms with E-state index in [1.54, 1.807) is 31.5 Å². The Kier molecular flexibility index (Phi) is 5.63. The van der Waals surface area contributed by atoms with Gasteiger partial charge in [-0.2, -0.15) is 0 Å². The maximum absolute atomic E-state index is 11.7. The van der Waals surface area contributed by atoms with Crippen LogP contribution in [-0.4, -0.2) is 35.1 Å². The molecular weight excluding hydrogens is 280 g/mol. The number of carboxylic acids is 1. The summed E-state index contributed by atoms with van der Waals surface area (Å²) in [6.07, 6.45) is 3.45. The highest BCUT2D eigenvalue weighted by Crippen LogP contribution is 2.23. The second kappa shape index (κ2) is 7.68. The second-order valence-corrected chi connectivity index (χ2v) is 5.20. The van der Waals surface area contributed by atoms with Gasteiger partial charge in [0, 0.05) is 26.0 Å². The summed E-state index contributed by atoms with van der Waals surface area (Å²) in [6.45, 7) is 0.978. The predicted molar refractivity (Wildman–Crippen MR) is 83.2 cm³/mol. The molecule has 0 aliphatic heterocycles. The number of methoxy groups -OCH3 is 1. The van der Waals surface area contributed by atoms with E-state index in [-0.39, 0.29) is 0 Å². The third-order valence-electron chi connectivity index (χ3n) is 3.41. The van der Waals surface area contributed by atoms with Crippen molar-refractivity contribution in [3.05, 3.63) is 65.5 Å². The van der Waals surface area contributed by atoms with Crippen LogP contribution in [0.1, 0.15) is 22.7 Å². The van der Waals surface area contributed by atoms with Gasteiger partial charge in [0.1, 0.15) is 6.04 Å². The largest absolute Gasteiger partial charge is 0.480 e. The minimum absolute atomic E-state index is 0.465. The van der Waals surface area contributed by atoms with Gasteiger partial charge in [-0.15, -0.1) is 0 Å². The fraction of sp³-hybridized carbons (Fsp3) is 0.294. The number of pyridine rings is 1. The molecule has 5 nitrogen and oxygen atoms in total. The molecule has 1 N–H and O–H groups in total. The van der Waals surface area contributed by atoms with E-state index in [0.29, 0.717) is 13.2 Å². The van der Waals surface area contributed by atoms with Crippen LogP contribution in [0.4, 0.5) is 0 Å². The Morgan fingerprint density at radius 3 is 2.73 bits per heavy atom. The Labute approximate surface area is 130 Å². The van der Waals surface area contributed by atoms with E-state index in [1.807, 2.05) is 36.4 Å². The van der Waals surface area contributed by atoms with Crippen LogP contribution < -0.4 is 0 Å². The van der Waals surface area contributed by atoms with Gasteiger partial charge in [-0.05, 0) is 29.8 Å². The van der Waals surface area contributed by atoms with Gasteiger partial charge in [0.05, 0.1) is 6.61 Å². The van der Waals surface area contributed by atoms with Gasteiger partial charge >= 0.3 is 5.97 Å². The van der Waals surface area contributed by atoms with E-state index >= 15 is 0 Å². The highest BCUT2D eigenvalue weighted by atomic mass is 16.5. The van der Waals surface area contributed by atoms with Gasteiger partial charge in [0.2, 0.25) is 0 Å². The van der Waals surface area contributed by atoms with Gasteiger partial charge in [0.25, 0.3) is 0 Å². The topological polar surface area (TPSA) is 62.7 Å². The van der Waals surface area contributed by atoms with Crippen LogP contribution >= 0.6 is 0 Å². The molecule has 0 radical (unpaired) electrons. The van der Waals surface area contributed by atoms with E-state index in [1.165, 1.54) is 0 Å². The van der Waals surface area contributed by atoms with E-state index in [0.717, 1.165) is 16.7 Å². The number of aliphatic carboxylic acids is 1. The zero-order chi connectivity index (χ0) is 15.9. The minimum Gasteiger partial charge on any atom is -0.480 e. The first-order valence-electron chi connectivity index (χ1n) is 7.01. The van der Waals surface area contributed by atoms with Gasteiger partial charge in [-0.25, -0.2) is 0 Å². The first-order valence-corrected chi connectivity index (χ1v) is 7.01. The molecule has 0 saturated heterocycles. The molecule has 0 aliphatic rings. The molecule has 1 aromatic heterocycles. The molecule has 116 valence electrons. The van der Waals surface area contributed by atoms with Crippen LogP contribution in [0.15, 0.2) is 48.8 Å². The Balaban J connectivity index is 2.22. The van der Waals surface area contributed by atoms with Crippen molar-refractivity contribution in [2.24, 2.45) is 0 Å². The quantitative estimate of drug-likeness (QED) is 0.851. The van der Waals surface area contributed by atoms with Crippen molar-refractivity contribution in [2.75, 3.05) is 14.2 Å². The molecule has 0 bridgehead atoms. The van der Waals surface area contributed by atoms with Gasteiger partial charge in [-0.1, -0.05) is 30.3 Å². The molecule has 5 heteroatoms. The van der Waals surface area contributed by atoms with E-state index in [9.17, 15) is 9.90 Å². The number of likely N-dealkylation sites (N-methyl/N-ethyl adjacent to an activating group) is 1. The average molecular weight is 300 g/mol. The summed E-state index contributed by atoms with van der Waals surface area (Å²) in [7, 11) is 3.42. The summed E-state index contributed by atoms with van der Waals surface area (Å²) in [5, 5.41) is 9.61. The number of rotatable bonds is 7. The SMILES string of the molecule is COCc1cccc(C(C(=O)O)N(C)Cc2cccnc2)c1. The van der Waals surface area contributed by atoms with Crippen LogP contribution in [0.2, 0.25) is 0 Å². The molecule has 1 unspecified atom stereocenters. The fourth-order valence-corrected chi connectivity index (χ4v) is 2.48. The van der Waals surface area contributed by atoms with Crippen molar-refractivity contribution >= 4 is 5.97 Å². The van der Waals surface area contributed by atoms with E-state index in [2.05, 4.69) is 4.98 Å². The first kappa shape index (κ1) is 16.1. The summed E-state index contributed by atoms with van der Waals surface area (Å²) >= 11 is 0. The maximum Gasteiger partial charge on any atom is 0.325 e. The number of carbonyl (C=O) groups is 1. The van der Waals surface area contributed by atoms with Crippen LogP contribution in [0.3, 0.4) is 0 Å². The fourth-order valence-electron chi connectivity index (χ4n) is 2.48. The van der Waals surface area contributed by atoms with Crippen LogP contribution in [-0.2, 0) is 22.7 Å². The normalized spacial score (nSPS) is 12.3. The van der Waals surface area contributed by atoms with E-state index < -0.39 is 12.0 Å². The summed E-state index contributed by atoms with van der Waals surface area (Å²) < 4.78 is 5.11. The molecule has 2 rings (SSSR count). The molecule has 1 aromatic carbocycles. The lowest BCUT2D eigenvalue weighted by Gasteiger charge is -2.25. The molecule has 2 aromatic rings. The Morgan fingerprint density at radius 2 is 2.09 bits per heavy atom. The van der Waals surface area contributed by atoms with Crippen molar-refractivity contribution in [3.63, 3.8) is 0 Å². The number of ether oxygens (including phenoxy) is 1. The molecule has 0 spiro atoms. The molecule has 0 amide bonds. The third-order valence-corrected chi connectivity index (χ3v) is 3.41. The van der Waals surface area contributed by atoms with Crippen molar-refractivity contribution < 1.29 is 14.6 Å². The number of hydrogen-bond donors (Lipinski definition) is 1. The van der Waals surface area contributed by atoms with Gasteiger partial charge in [-0.3, -0.25) is 14.7 Å². The highest BCUT2D eigenvalue weighted by Gasteiger charge is 2.25. The first-order chi connectivity index (χ1) is 10.6. The molecule has 1 atom stereocenters. The predicted octanol–water partition coefficient (Wildman–Crippen LogP) is 2.49. The lowest BCUT2D eigenvalue weighted by Crippen LogP contribution is -2.30. The molecule has 0 aliphatic carbocycles. The van der Waals surface area contributed by atoms with Crippen molar-refractivity contribution in [3.8, 4) is 0 Å². The van der Waals surface area contributed by atoms with E-state index in [4.69, 9.17) is 4.74 Å². The summed E-state index contributed by atoms with van der Waals surface area (Å²) in [6, 6.07) is 10.6. The number of hydrogen-bond acceptors (Lipinski definition) is 4. The Hall–Kier alpha value is -2.24. The third kappa shape index (κ3) is 4.13. The lowest BCUT2D eigenvalue weighted by atomic mass is 10.0. The minimum atomic E-state index is -0.874. The standard InChI is InChI=1S/C17H20N2O3/c1-19(11-14-6-4-8-18-10-14)16(17(20)21)15-7-3-5-13(9-15)12-22-2/h3-10,16H,11-12H2,1-2H3,(H,20,21). The van der Waals surface area contributed by atoms with Crippen LogP contribution in [0, 0.1) is 0 Å². The zero-order valence-electron chi connectivity index (χ0n) is 12.8. The molecule has 22 heavy (non-hydrogen) atoms. The zero-order valence-corrected chi connectivity index (χ0v) is 12.8. The molecule has 0 fully saturated rings. The number of benzene rings is 1. The molecule has 0 saturated carbocycles. The summed E-state index contributed by atoms with van der Waals surface area (Å²) in [5.41, 5.74) is 2.68. The maximum atomic E-state index is 11.7. The smallest absolute Gasteiger partial charge is 0.325 e. The van der Waals surface area contributed by atoms with Gasteiger partial charge in [0.15, 0.2) is 0 Å². The number of aromatic nitrogens is 1. The van der Waals surface area contributed by atoms with Crippen molar-refractivity contribution in [1.29, 1.82) is 0 Å². The molecule has 1 heterocycles. The summed E-state index contributed by atoms with van der Waals surface area (Å²) in [5.74, 6) is -0.874. The average Bonchev–Trinajstić information content (AvgIpc) is 2.48. The number of carboxylic acid groups (broad SMARTS) is 1. The Bertz CT molecular complexity index is 616. The second-order valence-electron chi connectivity index (χ2n) is 5.20. The lowest BCUT2D eigenvalue weighted by molar-refractivity contribution is -0.143. The number of nitrogens with zero attached hydrogens (tertiary/aromatic N) is 2. The van der Waals surface area contributed by atoms with Gasteiger partial charge < -0.3 is 9.84 Å². The Morgan fingerprint density at radius 1 is 1.32 bits per heavy atom. The van der Waals surface area contributed by atoms with Crippen molar-refractivity contribution in [1.82, 2.24) is 9.88 Å². The van der Waals surface area contributed by atoms with Crippen LogP contribution in [0.25, 0.3) is 0 Å². The monoisotopic (exact) mass is 300 g/mol.